The van der Waals surface area contributed by atoms with Gasteiger partial charge in [0.25, 0.3) is 0 Å². The zero-order valence-electron chi connectivity index (χ0n) is 26.5. The zero-order chi connectivity index (χ0) is 31.0. The highest BCUT2D eigenvalue weighted by molar-refractivity contribution is 5.96. The first-order valence-electron chi connectivity index (χ1n) is 16.3. The first-order chi connectivity index (χ1) is 19.9. The number of aromatic carboxylic acids is 2. The lowest BCUT2D eigenvalue weighted by Crippen LogP contribution is -2.06. The van der Waals surface area contributed by atoms with Crippen molar-refractivity contribution in [3.05, 3.63) is 34.9 Å². The Labute approximate surface area is 250 Å². The van der Waals surface area contributed by atoms with Crippen LogP contribution in [0.15, 0.2) is 18.2 Å². The predicted octanol–water partition coefficient (Wildman–Crippen LogP) is 10.4. The number of unbranched alkanes of at least 4 members (excludes halogenated alkanes) is 20. The minimum absolute atomic E-state index is 0.0277. The van der Waals surface area contributed by atoms with Gasteiger partial charge in [0, 0.05) is 12.8 Å². The normalized spacial score (nSPS) is 10.1. The Balaban J connectivity index is 0. The van der Waals surface area contributed by atoms with Crippen LogP contribution in [0.25, 0.3) is 0 Å². The molecule has 0 saturated carbocycles. The third-order valence-electron chi connectivity index (χ3n) is 7.15. The van der Waals surface area contributed by atoms with Crippen molar-refractivity contribution in [2.75, 3.05) is 0 Å². The van der Waals surface area contributed by atoms with E-state index in [1.54, 1.807) is 0 Å². The van der Waals surface area contributed by atoms with Crippen molar-refractivity contribution in [2.45, 2.75) is 162 Å². The third kappa shape index (κ3) is 27.4. The van der Waals surface area contributed by atoms with Crippen molar-refractivity contribution < 1.29 is 29.4 Å². The van der Waals surface area contributed by atoms with Gasteiger partial charge in [0.1, 0.15) is 12.6 Å². The molecule has 0 spiro atoms. The topological polar surface area (TPSA) is 109 Å². The molecule has 0 radical (unpaired) electrons. The van der Waals surface area contributed by atoms with E-state index in [1.165, 1.54) is 141 Å². The molecule has 1 aromatic rings. The second kappa shape index (κ2) is 32.0. The van der Waals surface area contributed by atoms with Crippen molar-refractivity contribution in [1.82, 2.24) is 0 Å². The van der Waals surface area contributed by atoms with Gasteiger partial charge in [-0.3, -0.25) is 0 Å². The van der Waals surface area contributed by atoms with Crippen LogP contribution in [0, 0.1) is 6.92 Å². The van der Waals surface area contributed by atoms with Crippen molar-refractivity contribution in [2.24, 2.45) is 0 Å². The van der Waals surface area contributed by atoms with Crippen LogP contribution < -0.4 is 0 Å². The van der Waals surface area contributed by atoms with Crippen LogP contribution in [0.1, 0.15) is 181 Å². The highest BCUT2D eigenvalue weighted by atomic mass is 16.4. The average molecular weight is 577 g/mol. The average Bonchev–Trinajstić information content (AvgIpc) is 2.95. The van der Waals surface area contributed by atoms with Crippen LogP contribution in [-0.4, -0.2) is 34.7 Å². The molecule has 6 nitrogen and oxygen atoms in total. The van der Waals surface area contributed by atoms with Crippen LogP contribution in [0.4, 0.5) is 0 Å². The fraction of sp³-hybridized carbons (Fsp3) is 0.714. The number of aldehydes is 2. The van der Waals surface area contributed by atoms with Gasteiger partial charge >= 0.3 is 11.9 Å². The highest BCUT2D eigenvalue weighted by Gasteiger charge is 2.13. The maximum atomic E-state index is 10.6. The Morgan fingerprint density at radius 3 is 1.05 bits per heavy atom. The molecule has 0 unspecified atom stereocenters. The number of carboxylic acids is 2. The Kier molecular flexibility index (Phi) is 31.7. The second-order valence-electron chi connectivity index (χ2n) is 10.9. The van der Waals surface area contributed by atoms with E-state index in [1.807, 2.05) is 0 Å². The van der Waals surface area contributed by atoms with E-state index in [0.29, 0.717) is 0 Å². The molecular formula is C35H60O6. The van der Waals surface area contributed by atoms with Gasteiger partial charge in [-0.25, -0.2) is 9.59 Å². The van der Waals surface area contributed by atoms with Crippen LogP contribution in [0.3, 0.4) is 0 Å². The summed E-state index contributed by atoms with van der Waals surface area (Å²) >= 11 is 0. The molecule has 2 N–H and O–H groups in total. The van der Waals surface area contributed by atoms with Crippen LogP contribution in [0.2, 0.25) is 0 Å². The van der Waals surface area contributed by atoms with E-state index in [2.05, 4.69) is 13.8 Å². The van der Waals surface area contributed by atoms with E-state index < -0.39 is 11.9 Å². The SMILES string of the molecule is CCCCCCCCCCCCC=O.CCCCCCCCCCCCC=O.Cc1c(C(=O)O)cccc1C(=O)O. The molecule has 1 aromatic carbocycles. The highest BCUT2D eigenvalue weighted by Crippen LogP contribution is 2.14. The van der Waals surface area contributed by atoms with Gasteiger partial charge in [0.2, 0.25) is 0 Å². The molecule has 0 bridgehead atoms. The number of carboxylic acid groups (broad SMARTS) is 2. The Morgan fingerprint density at radius 2 is 0.805 bits per heavy atom. The molecule has 0 amide bonds. The molecule has 0 saturated heterocycles. The first-order valence-corrected chi connectivity index (χ1v) is 16.3. The molecule has 236 valence electrons. The van der Waals surface area contributed by atoms with E-state index in [0.717, 1.165) is 38.3 Å². The molecule has 0 fully saturated rings. The van der Waals surface area contributed by atoms with E-state index >= 15 is 0 Å². The summed E-state index contributed by atoms with van der Waals surface area (Å²) in [5, 5.41) is 17.4. The molecule has 1 rings (SSSR count). The predicted molar refractivity (Wildman–Crippen MR) is 170 cm³/mol. The minimum Gasteiger partial charge on any atom is -0.478 e. The van der Waals surface area contributed by atoms with Gasteiger partial charge < -0.3 is 19.8 Å². The van der Waals surface area contributed by atoms with Crippen molar-refractivity contribution in [1.29, 1.82) is 0 Å². The quantitative estimate of drug-likeness (QED) is 0.0936. The summed E-state index contributed by atoms with van der Waals surface area (Å²) in [5.41, 5.74) is 0.335. The fourth-order valence-corrected chi connectivity index (χ4v) is 4.53. The molecule has 0 aromatic heterocycles. The van der Waals surface area contributed by atoms with Crippen molar-refractivity contribution in [3.8, 4) is 0 Å². The summed E-state index contributed by atoms with van der Waals surface area (Å²) < 4.78 is 0. The molecule has 0 atom stereocenters. The Hall–Kier alpha value is -2.50. The van der Waals surface area contributed by atoms with Crippen LogP contribution in [-0.2, 0) is 9.59 Å². The first kappa shape index (κ1) is 40.6. The smallest absolute Gasteiger partial charge is 0.335 e. The standard InChI is InChI=1S/2C13H26O.C9H8O4/c2*1-2-3-4-5-6-7-8-9-10-11-12-13-14;1-5-6(8(10)11)3-2-4-7(5)9(12)13/h2*13H,2-12H2,1H3;2-4H,1H3,(H,10,11)(H,12,13). The molecular weight excluding hydrogens is 516 g/mol. The van der Waals surface area contributed by atoms with Crippen LogP contribution in [0.5, 0.6) is 0 Å². The van der Waals surface area contributed by atoms with Crippen molar-refractivity contribution in [3.63, 3.8) is 0 Å². The summed E-state index contributed by atoms with van der Waals surface area (Å²) in [5.74, 6) is -2.22. The Bertz CT molecular complexity index is 714. The number of rotatable bonds is 24. The summed E-state index contributed by atoms with van der Waals surface area (Å²) in [6.45, 7) is 5.99. The lowest BCUT2D eigenvalue weighted by Gasteiger charge is -2.03. The van der Waals surface area contributed by atoms with Gasteiger partial charge in [-0.05, 0) is 37.5 Å². The molecule has 6 heteroatoms. The van der Waals surface area contributed by atoms with E-state index in [4.69, 9.17) is 10.2 Å². The maximum absolute atomic E-state index is 10.6. The molecule has 41 heavy (non-hydrogen) atoms. The van der Waals surface area contributed by atoms with Crippen molar-refractivity contribution >= 4 is 24.5 Å². The fourth-order valence-electron chi connectivity index (χ4n) is 4.53. The number of hydrogen-bond acceptors (Lipinski definition) is 4. The van der Waals surface area contributed by atoms with Crippen LogP contribution >= 0.6 is 0 Å². The number of carbonyl (C=O) groups is 4. The largest absolute Gasteiger partial charge is 0.478 e. The molecule has 0 heterocycles. The molecule has 0 aliphatic heterocycles. The monoisotopic (exact) mass is 576 g/mol. The van der Waals surface area contributed by atoms with E-state index in [9.17, 15) is 19.2 Å². The van der Waals surface area contributed by atoms with Gasteiger partial charge in [-0.1, -0.05) is 135 Å². The number of carbonyl (C=O) groups excluding carboxylic acids is 2. The number of benzene rings is 1. The summed E-state index contributed by atoms with van der Waals surface area (Å²) in [6.07, 6.45) is 30.4. The zero-order valence-corrected chi connectivity index (χ0v) is 26.5. The molecule has 0 aliphatic carbocycles. The van der Waals surface area contributed by atoms with Gasteiger partial charge in [0.15, 0.2) is 0 Å². The minimum atomic E-state index is -1.11. The summed E-state index contributed by atoms with van der Waals surface area (Å²) in [7, 11) is 0. The molecule has 0 aliphatic rings. The lowest BCUT2D eigenvalue weighted by molar-refractivity contribution is -0.108. The van der Waals surface area contributed by atoms with Gasteiger partial charge in [-0.15, -0.1) is 0 Å². The lowest BCUT2D eigenvalue weighted by atomic mass is 10.0. The summed E-state index contributed by atoms with van der Waals surface area (Å²) in [6, 6.07) is 4.17. The Morgan fingerprint density at radius 1 is 0.537 bits per heavy atom. The maximum Gasteiger partial charge on any atom is 0.335 e. The van der Waals surface area contributed by atoms with E-state index in [-0.39, 0.29) is 16.7 Å². The van der Waals surface area contributed by atoms with Gasteiger partial charge in [0.05, 0.1) is 11.1 Å². The number of hydrogen-bond donors (Lipinski definition) is 2. The van der Waals surface area contributed by atoms with Gasteiger partial charge in [-0.2, -0.15) is 0 Å². The summed E-state index contributed by atoms with van der Waals surface area (Å²) in [4.78, 5) is 41.3. The third-order valence-corrected chi connectivity index (χ3v) is 7.15. The second-order valence-corrected chi connectivity index (χ2v) is 10.9.